The van der Waals surface area contributed by atoms with Crippen molar-refractivity contribution in [3.05, 3.63) is 59.7 Å². The normalized spacial score (nSPS) is 11.9. The SMILES string of the molecule is CCCCCCCCOC(=O)c1c(N)n(-c2cccc(C(F)(F)F)c2)c2nc3ccccc3nc12. The molecule has 0 aliphatic carbocycles. The Morgan fingerprint density at radius 3 is 2.37 bits per heavy atom. The summed E-state index contributed by atoms with van der Waals surface area (Å²) in [7, 11) is 0. The third-order valence-corrected chi connectivity index (χ3v) is 5.86. The van der Waals surface area contributed by atoms with E-state index in [2.05, 4.69) is 16.9 Å². The van der Waals surface area contributed by atoms with Crippen LogP contribution in [-0.2, 0) is 10.9 Å². The summed E-state index contributed by atoms with van der Waals surface area (Å²) in [5.74, 6) is -0.737. The first-order chi connectivity index (χ1) is 16.8. The van der Waals surface area contributed by atoms with Gasteiger partial charge in [0.15, 0.2) is 5.65 Å². The van der Waals surface area contributed by atoms with E-state index in [1.165, 1.54) is 23.1 Å². The molecule has 9 heteroatoms. The first-order valence-electron chi connectivity index (χ1n) is 11.7. The molecular formula is C26H27F3N4O2. The first kappa shape index (κ1) is 24.5. The van der Waals surface area contributed by atoms with Crippen molar-refractivity contribution >= 4 is 34.0 Å². The molecule has 2 aromatic heterocycles. The van der Waals surface area contributed by atoms with E-state index in [0.29, 0.717) is 11.0 Å². The number of hydrogen-bond acceptors (Lipinski definition) is 5. The van der Waals surface area contributed by atoms with Gasteiger partial charge in [0.25, 0.3) is 0 Å². The van der Waals surface area contributed by atoms with Gasteiger partial charge in [0.1, 0.15) is 16.9 Å². The molecule has 0 atom stereocenters. The van der Waals surface area contributed by atoms with Gasteiger partial charge < -0.3 is 10.5 Å². The molecule has 6 nitrogen and oxygen atoms in total. The number of ether oxygens (including phenoxy) is 1. The van der Waals surface area contributed by atoms with Crippen molar-refractivity contribution in [2.24, 2.45) is 0 Å². The second-order valence-electron chi connectivity index (χ2n) is 8.43. The molecule has 0 spiro atoms. The highest BCUT2D eigenvalue weighted by Crippen LogP contribution is 2.35. The number of hydrogen-bond donors (Lipinski definition) is 1. The van der Waals surface area contributed by atoms with E-state index in [4.69, 9.17) is 10.5 Å². The Kier molecular flexibility index (Phi) is 7.23. The van der Waals surface area contributed by atoms with Crippen LogP contribution < -0.4 is 5.73 Å². The fourth-order valence-electron chi connectivity index (χ4n) is 4.06. The average molecular weight is 485 g/mol. The maximum atomic E-state index is 13.4. The maximum absolute atomic E-state index is 13.4. The number of anilines is 1. The number of nitrogens with two attached hydrogens (primary N) is 1. The van der Waals surface area contributed by atoms with E-state index in [9.17, 15) is 18.0 Å². The van der Waals surface area contributed by atoms with Crippen molar-refractivity contribution in [1.29, 1.82) is 0 Å². The van der Waals surface area contributed by atoms with Crippen molar-refractivity contribution in [2.75, 3.05) is 12.3 Å². The van der Waals surface area contributed by atoms with Crippen LogP contribution in [0.5, 0.6) is 0 Å². The summed E-state index contributed by atoms with van der Waals surface area (Å²) in [6, 6.07) is 11.7. The number of halogens is 3. The van der Waals surface area contributed by atoms with Crippen molar-refractivity contribution in [2.45, 2.75) is 51.6 Å². The highest BCUT2D eigenvalue weighted by atomic mass is 19.4. The highest BCUT2D eigenvalue weighted by molar-refractivity contribution is 6.09. The largest absolute Gasteiger partial charge is 0.462 e. The zero-order valence-electron chi connectivity index (χ0n) is 19.4. The molecule has 0 aliphatic heterocycles. The van der Waals surface area contributed by atoms with Gasteiger partial charge >= 0.3 is 12.1 Å². The molecule has 2 N–H and O–H groups in total. The summed E-state index contributed by atoms with van der Waals surface area (Å²) in [5.41, 5.74) is 7.08. The molecule has 0 unspecified atom stereocenters. The van der Waals surface area contributed by atoms with Gasteiger partial charge in [0, 0.05) is 5.69 Å². The molecule has 0 saturated heterocycles. The van der Waals surface area contributed by atoms with Gasteiger partial charge in [0.2, 0.25) is 0 Å². The van der Waals surface area contributed by atoms with Crippen LogP contribution >= 0.6 is 0 Å². The van der Waals surface area contributed by atoms with Crippen LogP contribution in [-0.4, -0.2) is 27.1 Å². The summed E-state index contributed by atoms with van der Waals surface area (Å²) >= 11 is 0. The standard InChI is InChI=1S/C26H27F3N4O2/c1-2-3-4-5-6-9-15-35-25(34)21-22-24(32-20-14-8-7-13-19(20)31-22)33(23(21)30)18-12-10-11-17(16-18)26(27,28)29/h7-8,10-14,16H,2-6,9,15,30H2,1H3. The number of carbonyl (C=O) groups excluding carboxylic acids is 1. The van der Waals surface area contributed by atoms with Crippen molar-refractivity contribution in [3.63, 3.8) is 0 Å². The minimum absolute atomic E-state index is 0.00153. The van der Waals surface area contributed by atoms with Crippen LogP contribution in [0.4, 0.5) is 19.0 Å². The van der Waals surface area contributed by atoms with Crippen molar-refractivity contribution < 1.29 is 22.7 Å². The average Bonchev–Trinajstić information content (AvgIpc) is 3.12. The van der Waals surface area contributed by atoms with E-state index in [-0.39, 0.29) is 34.8 Å². The van der Waals surface area contributed by atoms with Gasteiger partial charge in [0.05, 0.1) is 23.2 Å². The number of rotatable bonds is 9. The van der Waals surface area contributed by atoms with Crippen LogP contribution in [0.2, 0.25) is 0 Å². The quantitative estimate of drug-likeness (QED) is 0.211. The Morgan fingerprint density at radius 1 is 0.971 bits per heavy atom. The Bertz CT molecular complexity index is 1350. The molecule has 4 aromatic rings. The number of benzene rings is 2. The number of unbranched alkanes of at least 4 members (excludes halogenated alkanes) is 5. The molecule has 0 aliphatic rings. The lowest BCUT2D eigenvalue weighted by molar-refractivity contribution is -0.137. The summed E-state index contributed by atoms with van der Waals surface area (Å²) in [4.78, 5) is 22.2. The Labute approximate surface area is 200 Å². The molecular weight excluding hydrogens is 457 g/mol. The molecule has 0 bridgehead atoms. The van der Waals surface area contributed by atoms with Crippen LogP contribution in [0.25, 0.3) is 27.9 Å². The third-order valence-electron chi connectivity index (χ3n) is 5.86. The lowest BCUT2D eigenvalue weighted by Gasteiger charge is -2.12. The number of nitrogen functional groups attached to an aromatic ring is 1. The van der Waals surface area contributed by atoms with E-state index < -0.39 is 17.7 Å². The topological polar surface area (TPSA) is 83.0 Å². The van der Waals surface area contributed by atoms with Gasteiger partial charge in [-0.05, 0) is 36.8 Å². The number of nitrogens with zero attached hydrogens (tertiary/aromatic N) is 3. The minimum Gasteiger partial charge on any atom is -0.462 e. The van der Waals surface area contributed by atoms with Gasteiger partial charge in [-0.2, -0.15) is 13.2 Å². The van der Waals surface area contributed by atoms with Crippen molar-refractivity contribution in [3.8, 4) is 5.69 Å². The van der Waals surface area contributed by atoms with Crippen LogP contribution in [0, 0.1) is 0 Å². The van der Waals surface area contributed by atoms with E-state index in [0.717, 1.165) is 44.2 Å². The number of esters is 1. The summed E-state index contributed by atoms with van der Waals surface area (Å²) in [5, 5.41) is 0. The molecule has 0 radical (unpaired) electrons. The zero-order valence-corrected chi connectivity index (χ0v) is 19.4. The Hall–Kier alpha value is -3.62. The zero-order chi connectivity index (χ0) is 25.0. The summed E-state index contributed by atoms with van der Waals surface area (Å²) in [6.45, 7) is 2.37. The molecule has 184 valence electrons. The molecule has 0 saturated carbocycles. The second-order valence-corrected chi connectivity index (χ2v) is 8.43. The molecule has 2 aromatic carbocycles. The molecule has 4 rings (SSSR count). The number of para-hydroxylation sites is 2. The van der Waals surface area contributed by atoms with E-state index in [1.807, 2.05) is 0 Å². The van der Waals surface area contributed by atoms with Crippen LogP contribution in [0.3, 0.4) is 0 Å². The Morgan fingerprint density at radius 2 is 1.66 bits per heavy atom. The van der Waals surface area contributed by atoms with Gasteiger partial charge in [-0.3, -0.25) is 4.57 Å². The van der Waals surface area contributed by atoms with E-state index in [1.54, 1.807) is 24.3 Å². The maximum Gasteiger partial charge on any atom is 0.416 e. The third kappa shape index (κ3) is 5.23. The number of alkyl halides is 3. The smallest absolute Gasteiger partial charge is 0.416 e. The Balaban J connectivity index is 1.73. The summed E-state index contributed by atoms with van der Waals surface area (Å²) < 4.78 is 46.9. The monoisotopic (exact) mass is 484 g/mol. The number of fused-ring (bicyclic) bond motifs is 2. The van der Waals surface area contributed by atoms with Gasteiger partial charge in [-0.1, -0.05) is 57.2 Å². The molecule has 2 heterocycles. The lowest BCUT2D eigenvalue weighted by Crippen LogP contribution is -2.11. The highest BCUT2D eigenvalue weighted by Gasteiger charge is 2.32. The first-order valence-corrected chi connectivity index (χ1v) is 11.7. The van der Waals surface area contributed by atoms with E-state index >= 15 is 0 Å². The summed E-state index contributed by atoms with van der Waals surface area (Å²) in [6.07, 6.45) is 1.67. The van der Waals surface area contributed by atoms with Crippen LogP contribution in [0.1, 0.15) is 61.4 Å². The fourth-order valence-corrected chi connectivity index (χ4v) is 4.06. The fraction of sp³-hybridized carbons (Fsp3) is 0.346. The van der Waals surface area contributed by atoms with Crippen molar-refractivity contribution in [1.82, 2.24) is 14.5 Å². The molecule has 0 fully saturated rings. The molecule has 0 amide bonds. The van der Waals surface area contributed by atoms with Crippen LogP contribution in [0.15, 0.2) is 48.5 Å². The number of aromatic nitrogens is 3. The van der Waals surface area contributed by atoms with Gasteiger partial charge in [-0.15, -0.1) is 0 Å². The second kappa shape index (κ2) is 10.3. The predicted molar refractivity (Wildman–Crippen MR) is 129 cm³/mol. The minimum atomic E-state index is -4.54. The predicted octanol–water partition coefficient (Wildman–Crippen LogP) is 6.69. The number of carbonyl (C=O) groups is 1. The lowest BCUT2D eigenvalue weighted by atomic mass is 10.1. The molecule has 35 heavy (non-hydrogen) atoms. The van der Waals surface area contributed by atoms with Gasteiger partial charge in [-0.25, -0.2) is 14.8 Å².